The van der Waals surface area contributed by atoms with Gasteiger partial charge in [0.15, 0.2) is 0 Å². The lowest BCUT2D eigenvalue weighted by Crippen LogP contribution is -2.46. The van der Waals surface area contributed by atoms with Crippen molar-refractivity contribution in [3.05, 3.63) is 0 Å². The number of hydrogen-bond donors (Lipinski definition) is 1. The van der Waals surface area contributed by atoms with E-state index < -0.39 is 0 Å². The summed E-state index contributed by atoms with van der Waals surface area (Å²) in [6.07, 6.45) is 14.1. The average Bonchev–Trinajstić information content (AvgIpc) is 2.41. The summed E-state index contributed by atoms with van der Waals surface area (Å²) in [6, 6.07) is 0.615. The van der Waals surface area contributed by atoms with Crippen LogP contribution >= 0.6 is 0 Å². The third-order valence-electron chi connectivity index (χ3n) is 5.34. The van der Waals surface area contributed by atoms with Crippen LogP contribution in [0.2, 0.25) is 0 Å². The number of ether oxygens (including phenoxy) is 1. The Labute approximate surface area is 126 Å². The van der Waals surface area contributed by atoms with Crippen LogP contribution in [0.25, 0.3) is 0 Å². The Morgan fingerprint density at radius 1 is 0.950 bits per heavy atom. The van der Waals surface area contributed by atoms with Gasteiger partial charge in [0.25, 0.3) is 0 Å². The molecule has 2 aliphatic rings. The minimum absolute atomic E-state index is 0.479. The van der Waals surface area contributed by atoms with E-state index in [4.69, 9.17) is 4.74 Å². The zero-order chi connectivity index (χ0) is 14.2. The average molecular weight is 281 g/mol. The monoisotopic (exact) mass is 281 g/mol. The van der Waals surface area contributed by atoms with Gasteiger partial charge in [0.05, 0.1) is 6.10 Å². The lowest BCUT2D eigenvalue weighted by atomic mass is 9.81. The first-order valence-electron chi connectivity index (χ1n) is 9.18. The Hall–Kier alpha value is -0.0800. The lowest BCUT2D eigenvalue weighted by Gasteiger charge is -2.37. The van der Waals surface area contributed by atoms with E-state index >= 15 is 0 Å². The Morgan fingerprint density at radius 2 is 1.80 bits per heavy atom. The highest BCUT2D eigenvalue weighted by atomic mass is 16.5. The van der Waals surface area contributed by atoms with Crippen LogP contribution in [-0.2, 0) is 4.74 Å². The molecule has 0 aromatic carbocycles. The quantitative estimate of drug-likeness (QED) is 0.670. The maximum atomic E-state index is 6.31. The van der Waals surface area contributed by atoms with E-state index in [2.05, 4.69) is 19.2 Å². The van der Waals surface area contributed by atoms with Crippen LogP contribution in [0.3, 0.4) is 0 Å². The van der Waals surface area contributed by atoms with E-state index in [0.29, 0.717) is 12.1 Å². The van der Waals surface area contributed by atoms with Gasteiger partial charge in [0.1, 0.15) is 0 Å². The number of rotatable bonds is 9. The first-order valence-corrected chi connectivity index (χ1v) is 9.18. The van der Waals surface area contributed by atoms with E-state index in [1.807, 2.05) is 0 Å². The molecule has 0 heterocycles. The van der Waals surface area contributed by atoms with E-state index in [1.54, 1.807) is 0 Å². The summed E-state index contributed by atoms with van der Waals surface area (Å²) in [7, 11) is 0. The van der Waals surface area contributed by atoms with Crippen LogP contribution in [0, 0.1) is 11.8 Å². The second-order valence-corrected chi connectivity index (χ2v) is 7.02. The molecule has 0 spiro atoms. The summed E-state index contributed by atoms with van der Waals surface area (Å²) in [5, 5.41) is 3.73. The minimum Gasteiger partial charge on any atom is -0.377 e. The summed E-state index contributed by atoms with van der Waals surface area (Å²) < 4.78 is 6.31. The van der Waals surface area contributed by atoms with Gasteiger partial charge in [-0.05, 0) is 50.5 Å². The summed E-state index contributed by atoms with van der Waals surface area (Å²) in [6.45, 7) is 6.71. The largest absolute Gasteiger partial charge is 0.377 e. The van der Waals surface area contributed by atoms with E-state index in [1.165, 1.54) is 64.2 Å². The Bertz CT molecular complexity index is 252. The molecular formula is C18H35NO. The first kappa shape index (κ1) is 16.3. The molecule has 20 heavy (non-hydrogen) atoms. The van der Waals surface area contributed by atoms with Gasteiger partial charge in [-0.1, -0.05) is 46.0 Å². The second-order valence-electron chi connectivity index (χ2n) is 7.02. The molecule has 3 unspecified atom stereocenters. The van der Waals surface area contributed by atoms with Crippen molar-refractivity contribution in [3.63, 3.8) is 0 Å². The van der Waals surface area contributed by atoms with Crippen molar-refractivity contribution in [1.82, 2.24) is 5.32 Å². The zero-order valence-corrected chi connectivity index (χ0v) is 13.7. The fraction of sp³-hybridized carbons (Fsp3) is 1.00. The minimum atomic E-state index is 0.479. The van der Waals surface area contributed by atoms with Gasteiger partial charge in [-0.2, -0.15) is 0 Å². The third-order valence-corrected chi connectivity index (χ3v) is 5.34. The van der Waals surface area contributed by atoms with Crippen molar-refractivity contribution in [3.8, 4) is 0 Å². The fourth-order valence-corrected chi connectivity index (χ4v) is 3.80. The van der Waals surface area contributed by atoms with Crippen LogP contribution in [0.4, 0.5) is 0 Å². The molecule has 0 aromatic rings. The van der Waals surface area contributed by atoms with Gasteiger partial charge < -0.3 is 10.1 Å². The molecule has 118 valence electrons. The molecule has 0 amide bonds. The normalized spacial score (nSPS) is 31.2. The molecule has 2 saturated carbocycles. The molecule has 2 aliphatic carbocycles. The van der Waals surface area contributed by atoms with Gasteiger partial charge >= 0.3 is 0 Å². The maximum Gasteiger partial charge on any atom is 0.0730 e. The topological polar surface area (TPSA) is 21.3 Å². The van der Waals surface area contributed by atoms with Crippen LogP contribution in [-0.4, -0.2) is 25.3 Å². The molecule has 2 fully saturated rings. The van der Waals surface area contributed by atoms with Gasteiger partial charge in [-0.15, -0.1) is 0 Å². The summed E-state index contributed by atoms with van der Waals surface area (Å²) in [5.41, 5.74) is 0. The predicted molar refractivity (Wildman–Crippen MR) is 86.0 cm³/mol. The Morgan fingerprint density at radius 3 is 2.45 bits per heavy atom. The molecule has 0 saturated heterocycles. The zero-order valence-electron chi connectivity index (χ0n) is 13.7. The molecule has 0 bridgehead atoms. The fourth-order valence-electron chi connectivity index (χ4n) is 3.80. The standard InChI is InChI=1S/C18H35NO/c1-3-6-16-9-10-17(19-12-4-2)18(14-16)20-13-11-15-7-5-8-15/h15-19H,3-14H2,1-2H3. The molecule has 0 aliphatic heterocycles. The number of hydrogen-bond acceptors (Lipinski definition) is 2. The van der Waals surface area contributed by atoms with Gasteiger partial charge in [0.2, 0.25) is 0 Å². The van der Waals surface area contributed by atoms with Crippen molar-refractivity contribution in [2.75, 3.05) is 13.2 Å². The molecule has 2 rings (SSSR count). The first-order chi connectivity index (χ1) is 9.83. The number of nitrogens with one attached hydrogen (secondary N) is 1. The van der Waals surface area contributed by atoms with Gasteiger partial charge in [0, 0.05) is 12.6 Å². The SMILES string of the molecule is CCCNC1CCC(CCC)CC1OCCC1CCC1. The molecule has 0 radical (unpaired) electrons. The van der Waals surface area contributed by atoms with Crippen molar-refractivity contribution in [1.29, 1.82) is 0 Å². The van der Waals surface area contributed by atoms with Gasteiger partial charge in [-0.3, -0.25) is 0 Å². The molecular weight excluding hydrogens is 246 g/mol. The van der Waals surface area contributed by atoms with E-state index in [-0.39, 0.29) is 0 Å². The van der Waals surface area contributed by atoms with Crippen molar-refractivity contribution in [2.24, 2.45) is 11.8 Å². The van der Waals surface area contributed by atoms with Gasteiger partial charge in [-0.25, -0.2) is 0 Å². The van der Waals surface area contributed by atoms with Crippen molar-refractivity contribution < 1.29 is 4.74 Å². The smallest absolute Gasteiger partial charge is 0.0730 e. The van der Waals surface area contributed by atoms with Crippen LogP contribution in [0.5, 0.6) is 0 Å². The molecule has 1 N–H and O–H groups in total. The van der Waals surface area contributed by atoms with Crippen LogP contribution in [0.1, 0.15) is 78.1 Å². The van der Waals surface area contributed by atoms with Crippen molar-refractivity contribution in [2.45, 2.75) is 90.2 Å². The summed E-state index contributed by atoms with van der Waals surface area (Å²) >= 11 is 0. The highest BCUT2D eigenvalue weighted by Gasteiger charge is 2.30. The molecule has 2 heteroatoms. The maximum absolute atomic E-state index is 6.31. The molecule has 0 aromatic heterocycles. The predicted octanol–water partition coefficient (Wildman–Crippen LogP) is 4.53. The Kier molecular flexibility index (Phi) is 7.37. The Balaban J connectivity index is 1.73. The highest BCUT2D eigenvalue weighted by molar-refractivity contribution is 4.86. The summed E-state index contributed by atoms with van der Waals surface area (Å²) in [4.78, 5) is 0. The second kappa shape index (κ2) is 9.04. The summed E-state index contributed by atoms with van der Waals surface area (Å²) in [5.74, 6) is 1.89. The van der Waals surface area contributed by atoms with Crippen LogP contribution in [0.15, 0.2) is 0 Å². The highest BCUT2D eigenvalue weighted by Crippen LogP contribution is 2.32. The van der Waals surface area contributed by atoms with E-state index in [0.717, 1.165) is 25.0 Å². The molecule has 3 atom stereocenters. The lowest BCUT2D eigenvalue weighted by molar-refractivity contribution is -0.0193. The van der Waals surface area contributed by atoms with Crippen molar-refractivity contribution >= 4 is 0 Å². The van der Waals surface area contributed by atoms with E-state index in [9.17, 15) is 0 Å². The third kappa shape index (κ3) is 5.04. The molecule has 2 nitrogen and oxygen atoms in total. The van der Waals surface area contributed by atoms with Crippen LogP contribution < -0.4 is 5.32 Å².